The number of benzene rings is 1. The third-order valence-corrected chi connectivity index (χ3v) is 1.97. The van der Waals surface area contributed by atoms with E-state index in [4.69, 9.17) is 5.41 Å². The number of nitro groups is 1. The fraction of sp³-hybridized carbons (Fsp3) is 0. The molecule has 0 bridgehead atoms. The SMILES string of the molecule is N=C1NC(=O)c2cc([N+](=O)[O-])ccc21. The van der Waals surface area contributed by atoms with Gasteiger partial charge in [-0.1, -0.05) is 0 Å². The fourth-order valence-corrected chi connectivity index (χ4v) is 1.30. The highest BCUT2D eigenvalue weighted by Gasteiger charge is 2.25. The third kappa shape index (κ3) is 1.05. The topological polar surface area (TPSA) is 96.1 Å². The molecule has 1 aromatic carbocycles. The van der Waals surface area contributed by atoms with Gasteiger partial charge in [-0.05, 0) is 6.07 Å². The molecule has 0 unspecified atom stereocenters. The lowest BCUT2D eigenvalue weighted by Gasteiger charge is -1.94. The summed E-state index contributed by atoms with van der Waals surface area (Å²) < 4.78 is 0. The van der Waals surface area contributed by atoms with Crippen molar-refractivity contribution in [2.45, 2.75) is 0 Å². The highest BCUT2D eigenvalue weighted by Crippen LogP contribution is 2.21. The maximum atomic E-state index is 11.2. The molecule has 14 heavy (non-hydrogen) atoms. The van der Waals surface area contributed by atoms with Gasteiger partial charge in [0.05, 0.1) is 10.5 Å². The number of amides is 1. The Bertz CT molecular complexity index is 467. The van der Waals surface area contributed by atoms with Gasteiger partial charge in [-0.15, -0.1) is 0 Å². The minimum atomic E-state index is -0.574. The van der Waals surface area contributed by atoms with Crippen LogP contribution in [0, 0.1) is 15.5 Å². The summed E-state index contributed by atoms with van der Waals surface area (Å²) in [6.07, 6.45) is 0. The molecular formula is C8H5N3O3. The van der Waals surface area contributed by atoms with E-state index in [1.807, 2.05) is 0 Å². The molecule has 0 fully saturated rings. The molecule has 0 aliphatic carbocycles. The summed E-state index contributed by atoms with van der Waals surface area (Å²) in [6, 6.07) is 3.84. The van der Waals surface area contributed by atoms with Crippen molar-refractivity contribution < 1.29 is 9.72 Å². The number of carbonyl (C=O) groups is 1. The first-order valence-electron chi connectivity index (χ1n) is 3.78. The summed E-state index contributed by atoms with van der Waals surface area (Å²) >= 11 is 0. The number of non-ortho nitro benzene ring substituents is 1. The van der Waals surface area contributed by atoms with Gasteiger partial charge in [-0.2, -0.15) is 0 Å². The largest absolute Gasteiger partial charge is 0.306 e. The van der Waals surface area contributed by atoms with E-state index in [2.05, 4.69) is 5.32 Å². The number of nitrogens with one attached hydrogen (secondary N) is 2. The molecular weight excluding hydrogens is 186 g/mol. The van der Waals surface area contributed by atoms with Gasteiger partial charge in [0.25, 0.3) is 11.6 Å². The number of nitrogens with zero attached hydrogens (tertiary/aromatic N) is 1. The van der Waals surface area contributed by atoms with Crippen molar-refractivity contribution in [2.75, 3.05) is 0 Å². The number of hydrogen-bond donors (Lipinski definition) is 2. The summed E-state index contributed by atoms with van der Waals surface area (Å²) in [4.78, 5) is 21.0. The summed E-state index contributed by atoms with van der Waals surface area (Å²) in [5.74, 6) is -0.478. The Kier molecular flexibility index (Phi) is 1.57. The van der Waals surface area contributed by atoms with Crippen LogP contribution in [-0.4, -0.2) is 16.7 Å². The van der Waals surface area contributed by atoms with Crippen molar-refractivity contribution in [1.82, 2.24) is 5.32 Å². The average Bonchev–Trinajstić information content (AvgIpc) is 2.42. The van der Waals surface area contributed by atoms with E-state index in [1.54, 1.807) is 0 Å². The van der Waals surface area contributed by atoms with Crippen LogP contribution >= 0.6 is 0 Å². The molecule has 0 saturated carbocycles. The van der Waals surface area contributed by atoms with Crippen LogP contribution in [-0.2, 0) is 0 Å². The third-order valence-electron chi connectivity index (χ3n) is 1.97. The Balaban J connectivity index is 2.61. The highest BCUT2D eigenvalue weighted by molar-refractivity contribution is 6.22. The predicted octanol–water partition coefficient (Wildman–Crippen LogP) is 0.664. The van der Waals surface area contributed by atoms with Gasteiger partial charge in [-0.3, -0.25) is 20.3 Å². The van der Waals surface area contributed by atoms with Crippen molar-refractivity contribution >= 4 is 17.4 Å². The van der Waals surface area contributed by atoms with Crippen LogP contribution in [0.3, 0.4) is 0 Å². The Morgan fingerprint density at radius 3 is 2.71 bits per heavy atom. The predicted molar refractivity (Wildman–Crippen MR) is 47.4 cm³/mol. The zero-order chi connectivity index (χ0) is 10.3. The van der Waals surface area contributed by atoms with E-state index in [1.165, 1.54) is 18.2 Å². The summed E-state index contributed by atoms with van der Waals surface area (Å²) in [7, 11) is 0. The van der Waals surface area contributed by atoms with Crippen LogP contribution in [0.25, 0.3) is 0 Å². The molecule has 0 atom stereocenters. The molecule has 6 heteroatoms. The summed E-state index contributed by atoms with van der Waals surface area (Å²) in [5.41, 5.74) is 0.443. The van der Waals surface area contributed by atoms with Gasteiger partial charge in [-0.25, -0.2) is 0 Å². The maximum Gasteiger partial charge on any atom is 0.270 e. The van der Waals surface area contributed by atoms with Gasteiger partial charge in [0, 0.05) is 17.7 Å². The Morgan fingerprint density at radius 2 is 2.07 bits per heavy atom. The van der Waals surface area contributed by atoms with Crippen LogP contribution in [0.1, 0.15) is 15.9 Å². The number of nitro benzene ring substituents is 1. The van der Waals surface area contributed by atoms with Crippen LogP contribution in [0.4, 0.5) is 5.69 Å². The van der Waals surface area contributed by atoms with E-state index in [-0.39, 0.29) is 17.1 Å². The van der Waals surface area contributed by atoms with E-state index < -0.39 is 10.8 Å². The minimum absolute atomic E-state index is 0.0140. The fourth-order valence-electron chi connectivity index (χ4n) is 1.30. The molecule has 1 aromatic rings. The van der Waals surface area contributed by atoms with E-state index >= 15 is 0 Å². The van der Waals surface area contributed by atoms with Gasteiger partial charge in [0.1, 0.15) is 5.84 Å². The van der Waals surface area contributed by atoms with Gasteiger partial charge < -0.3 is 5.32 Å². The first-order chi connectivity index (χ1) is 6.59. The molecule has 0 saturated heterocycles. The second kappa shape index (κ2) is 2.63. The molecule has 2 N–H and O–H groups in total. The van der Waals surface area contributed by atoms with Gasteiger partial charge in [0.2, 0.25) is 0 Å². The van der Waals surface area contributed by atoms with E-state index in [9.17, 15) is 14.9 Å². The zero-order valence-corrected chi connectivity index (χ0v) is 6.90. The number of fused-ring (bicyclic) bond motifs is 1. The highest BCUT2D eigenvalue weighted by atomic mass is 16.6. The lowest BCUT2D eigenvalue weighted by molar-refractivity contribution is -0.384. The number of hydrogen-bond acceptors (Lipinski definition) is 4. The second-order valence-corrected chi connectivity index (χ2v) is 2.82. The molecule has 1 aliphatic rings. The Morgan fingerprint density at radius 1 is 1.36 bits per heavy atom. The van der Waals surface area contributed by atoms with E-state index in [0.29, 0.717) is 5.56 Å². The quantitative estimate of drug-likeness (QED) is 0.504. The maximum absolute atomic E-state index is 11.2. The van der Waals surface area contributed by atoms with E-state index in [0.717, 1.165) is 0 Å². The number of amidine groups is 1. The molecule has 0 radical (unpaired) electrons. The van der Waals surface area contributed by atoms with Crippen LogP contribution in [0.15, 0.2) is 18.2 Å². The first kappa shape index (κ1) is 8.36. The Hall–Kier alpha value is -2.24. The van der Waals surface area contributed by atoms with Crippen molar-refractivity contribution in [3.05, 3.63) is 39.4 Å². The minimum Gasteiger partial charge on any atom is -0.306 e. The molecule has 0 aromatic heterocycles. The molecule has 1 heterocycles. The van der Waals surface area contributed by atoms with Crippen LogP contribution < -0.4 is 5.32 Å². The second-order valence-electron chi connectivity index (χ2n) is 2.82. The Labute approximate surface area is 78.2 Å². The number of rotatable bonds is 1. The summed E-state index contributed by atoms with van der Waals surface area (Å²) in [6.45, 7) is 0. The smallest absolute Gasteiger partial charge is 0.270 e. The molecule has 1 aliphatic heterocycles. The first-order valence-corrected chi connectivity index (χ1v) is 3.78. The van der Waals surface area contributed by atoms with Crippen LogP contribution in [0.2, 0.25) is 0 Å². The van der Waals surface area contributed by atoms with Crippen LogP contribution in [0.5, 0.6) is 0 Å². The van der Waals surface area contributed by atoms with Crippen molar-refractivity contribution in [2.24, 2.45) is 0 Å². The average molecular weight is 191 g/mol. The van der Waals surface area contributed by atoms with Gasteiger partial charge >= 0.3 is 0 Å². The van der Waals surface area contributed by atoms with Crippen molar-refractivity contribution in [1.29, 1.82) is 5.41 Å². The molecule has 2 rings (SSSR count). The standard InChI is InChI=1S/C8H5N3O3/c9-7-5-2-1-4(11(13)14)3-6(5)8(12)10-7/h1-3H,(H2,9,10,12). The lowest BCUT2D eigenvalue weighted by atomic mass is 10.1. The zero-order valence-electron chi connectivity index (χ0n) is 6.90. The van der Waals surface area contributed by atoms with Crippen molar-refractivity contribution in [3.63, 3.8) is 0 Å². The monoisotopic (exact) mass is 191 g/mol. The summed E-state index contributed by atoms with van der Waals surface area (Å²) in [5, 5.41) is 20.0. The van der Waals surface area contributed by atoms with Gasteiger partial charge in [0.15, 0.2) is 0 Å². The molecule has 0 spiro atoms. The molecule has 1 amide bonds. The lowest BCUT2D eigenvalue weighted by Crippen LogP contribution is -2.19. The number of carbonyl (C=O) groups excluding carboxylic acids is 1. The normalized spacial score (nSPS) is 13.7. The van der Waals surface area contributed by atoms with Crippen molar-refractivity contribution in [3.8, 4) is 0 Å². The molecule has 70 valence electrons. The molecule has 6 nitrogen and oxygen atoms in total.